The summed E-state index contributed by atoms with van der Waals surface area (Å²) in [5, 5.41) is 3.19. The molecule has 1 N–H and O–H groups in total. The summed E-state index contributed by atoms with van der Waals surface area (Å²) in [5.41, 5.74) is 0. The van der Waals surface area contributed by atoms with Crippen molar-refractivity contribution in [1.82, 2.24) is 10.2 Å². The summed E-state index contributed by atoms with van der Waals surface area (Å²) in [5.74, 6) is 1.05. The number of halogens is 1. The molecule has 1 saturated heterocycles. The molecule has 0 saturated carbocycles. The minimum Gasteiger partial charge on any atom is -0.453 e. The van der Waals surface area contributed by atoms with Crippen LogP contribution in [0.4, 0.5) is 0 Å². The minimum absolute atomic E-state index is 0.187. The lowest BCUT2D eigenvalue weighted by Crippen LogP contribution is -2.41. The van der Waals surface area contributed by atoms with Crippen LogP contribution in [0.2, 0.25) is 0 Å². The topological polar surface area (TPSA) is 54.7 Å². The van der Waals surface area contributed by atoms with Crippen molar-refractivity contribution in [3.63, 3.8) is 0 Å². The molecule has 0 aliphatic carbocycles. The van der Waals surface area contributed by atoms with Gasteiger partial charge in [0, 0.05) is 26.1 Å². The zero-order valence-electron chi connectivity index (χ0n) is 10.2. The van der Waals surface area contributed by atoms with Gasteiger partial charge in [-0.1, -0.05) is 0 Å². The number of furan rings is 1. The van der Waals surface area contributed by atoms with Crippen molar-refractivity contribution in [2.75, 3.05) is 32.8 Å². The van der Waals surface area contributed by atoms with E-state index in [-0.39, 0.29) is 5.91 Å². The van der Waals surface area contributed by atoms with Gasteiger partial charge < -0.3 is 19.4 Å². The van der Waals surface area contributed by atoms with E-state index in [1.54, 1.807) is 0 Å². The van der Waals surface area contributed by atoms with Gasteiger partial charge in [-0.3, -0.25) is 4.79 Å². The largest absolute Gasteiger partial charge is 0.453 e. The van der Waals surface area contributed by atoms with Crippen LogP contribution in [0.25, 0.3) is 0 Å². The monoisotopic (exact) mass is 316 g/mol. The minimum atomic E-state index is 0.187. The fourth-order valence-electron chi connectivity index (χ4n) is 1.82. The van der Waals surface area contributed by atoms with Gasteiger partial charge in [-0.25, -0.2) is 0 Å². The van der Waals surface area contributed by atoms with Crippen molar-refractivity contribution in [3.05, 3.63) is 22.6 Å². The summed E-state index contributed by atoms with van der Waals surface area (Å²) in [4.78, 5) is 13.7. The Kier molecular flexibility index (Phi) is 5.22. The number of amides is 1. The smallest absolute Gasteiger partial charge is 0.224 e. The Morgan fingerprint density at radius 1 is 1.39 bits per heavy atom. The maximum Gasteiger partial charge on any atom is 0.224 e. The van der Waals surface area contributed by atoms with E-state index in [9.17, 15) is 4.79 Å². The first-order chi connectivity index (χ1) is 8.75. The highest BCUT2D eigenvalue weighted by Crippen LogP contribution is 2.13. The molecule has 1 aliphatic heterocycles. The van der Waals surface area contributed by atoms with Crippen LogP contribution in [0.5, 0.6) is 0 Å². The molecule has 18 heavy (non-hydrogen) atoms. The normalized spacial score (nSPS) is 15.9. The van der Waals surface area contributed by atoms with Crippen LogP contribution in [-0.2, 0) is 16.1 Å². The van der Waals surface area contributed by atoms with Gasteiger partial charge in [0.1, 0.15) is 5.76 Å². The van der Waals surface area contributed by atoms with Gasteiger partial charge in [-0.15, -0.1) is 0 Å². The predicted octanol–water partition coefficient (Wildman–Crippen LogP) is 1.38. The van der Waals surface area contributed by atoms with Gasteiger partial charge in [-0.2, -0.15) is 0 Å². The Morgan fingerprint density at radius 3 is 2.83 bits per heavy atom. The molecule has 0 unspecified atom stereocenters. The van der Waals surface area contributed by atoms with Crippen LogP contribution < -0.4 is 5.32 Å². The number of morpholine rings is 1. The molecule has 1 fully saturated rings. The first-order valence-corrected chi connectivity index (χ1v) is 6.85. The lowest BCUT2D eigenvalue weighted by molar-refractivity contribution is -0.135. The van der Waals surface area contributed by atoms with Gasteiger partial charge >= 0.3 is 0 Å². The maximum atomic E-state index is 11.8. The number of hydrogen-bond acceptors (Lipinski definition) is 4. The molecule has 0 atom stereocenters. The molecule has 0 aromatic carbocycles. The van der Waals surface area contributed by atoms with Gasteiger partial charge in [0.2, 0.25) is 5.91 Å². The quantitative estimate of drug-likeness (QED) is 0.834. The number of rotatable bonds is 5. The third-order valence-electron chi connectivity index (χ3n) is 2.81. The highest BCUT2D eigenvalue weighted by Gasteiger charge is 2.15. The van der Waals surface area contributed by atoms with Crippen LogP contribution in [0, 0.1) is 0 Å². The summed E-state index contributed by atoms with van der Waals surface area (Å²) >= 11 is 3.25. The van der Waals surface area contributed by atoms with E-state index >= 15 is 0 Å². The average molecular weight is 317 g/mol. The molecule has 0 spiro atoms. The molecule has 0 radical (unpaired) electrons. The molecule has 2 rings (SSSR count). The van der Waals surface area contributed by atoms with E-state index in [4.69, 9.17) is 9.15 Å². The van der Waals surface area contributed by atoms with Crippen molar-refractivity contribution in [1.29, 1.82) is 0 Å². The van der Waals surface area contributed by atoms with Crippen LogP contribution in [0.1, 0.15) is 12.2 Å². The Balaban J connectivity index is 1.61. The fourth-order valence-corrected chi connectivity index (χ4v) is 2.16. The third-order valence-corrected chi connectivity index (χ3v) is 3.23. The van der Waals surface area contributed by atoms with E-state index in [2.05, 4.69) is 21.2 Å². The highest BCUT2D eigenvalue weighted by molar-refractivity contribution is 9.10. The summed E-state index contributed by atoms with van der Waals surface area (Å²) in [6.45, 7) is 4.03. The van der Waals surface area contributed by atoms with Gasteiger partial charge in [0.25, 0.3) is 0 Å². The van der Waals surface area contributed by atoms with Crippen LogP contribution in [-0.4, -0.2) is 43.7 Å². The first kappa shape index (κ1) is 13.6. The zero-order valence-corrected chi connectivity index (χ0v) is 11.7. The second-order valence-corrected chi connectivity index (χ2v) is 4.91. The lowest BCUT2D eigenvalue weighted by atomic mass is 10.3. The summed E-state index contributed by atoms with van der Waals surface area (Å²) in [7, 11) is 0. The highest BCUT2D eigenvalue weighted by atomic mass is 79.9. The Labute approximate surface area is 115 Å². The van der Waals surface area contributed by atoms with Crippen molar-refractivity contribution in [3.8, 4) is 0 Å². The number of nitrogens with one attached hydrogen (secondary N) is 1. The Hall–Kier alpha value is -0.850. The van der Waals surface area contributed by atoms with E-state index in [0.717, 1.165) is 10.4 Å². The molecule has 6 heteroatoms. The SMILES string of the molecule is O=C(CCNCc1ccc(Br)o1)N1CCOCC1. The number of carbonyl (C=O) groups excluding carboxylic acids is 1. The second-order valence-electron chi connectivity index (χ2n) is 4.13. The molecular weight excluding hydrogens is 300 g/mol. The molecule has 2 heterocycles. The molecular formula is C12H17BrN2O3. The molecule has 1 aromatic rings. The predicted molar refractivity (Wildman–Crippen MR) is 70.1 cm³/mol. The Morgan fingerprint density at radius 2 is 2.17 bits per heavy atom. The van der Waals surface area contributed by atoms with E-state index in [0.29, 0.717) is 45.8 Å². The first-order valence-electron chi connectivity index (χ1n) is 6.06. The molecule has 5 nitrogen and oxygen atoms in total. The van der Waals surface area contributed by atoms with Crippen LogP contribution >= 0.6 is 15.9 Å². The average Bonchev–Trinajstić information content (AvgIpc) is 2.81. The van der Waals surface area contributed by atoms with E-state index in [1.807, 2.05) is 17.0 Å². The summed E-state index contributed by atoms with van der Waals surface area (Å²) in [6, 6.07) is 3.76. The van der Waals surface area contributed by atoms with Crippen LogP contribution in [0.15, 0.2) is 21.2 Å². The number of nitrogens with zero attached hydrogens (tertiary/aromatic N) is 1. The third kappa shape index (κ3) is 4.12. The standard InChI is InChI=1S/C12H17BrN2O3/c13-11-2-1-10(18-11)9-14-4-3-12(16)15-5-7-17-8-6-15/h1-2,14H,3-9H2. The zero-order chi connectivity index (χ0) is 12.8. The summed E-state index contributed by atoms with van der Waals surface area (Å²) < 4.78 is 11.3. The van der Waals surface area contributed by atoms with E-state index < -0.39 is 0 Å². The second kappa shape index (κ2) is 6.92. The molecule has 0 bridgehead atoms. The number of carbonyl (C=O) groups is 1. The molecule has 1 aromatic heterocycles. The molecule has 1 aliphatic rings. The fraction of sp³-hybridized carbons (Fsp3) is 0.583. The van der Waals surface area contributed by atoms with Gasteiger partial charge in [0.15, 0.2) is 4.67 Å². The van der Waals surface area contributed by atoms with Crippen molar-refractivity contribution in [2.24, 2.45) is 0 Å². The number of ether oxygens (including phenoxy) is 1. The Bertz CT molecular complexity index is 388. The maximum absolute atomic E-state index is 11.8. The van der Waals surface area contributed by atoms with Crippen LogP contribution in [0.3, 0.4) is 0 Å². The summed E-state index contributed by atoms with van der Waals surface area (Å²) in [6.07, 6.45) is 0.516. The van der Waals surface area contributed by atoms with Gasteiger partial charge in [0.05, 0.1) is 19.8 Å². The lowest BCUT2D eigenvalue weighted by Gasteiger charge is -2.26. The van der Waals surface area contributed by atoms with Crippen molar-refractivity contribution in [2.45, 2.75) is 13.0 Å². The van der Waals surface area contributed by atoms with E-state index in [1.165, 1.54) is 0 Å². The van der Waals surface area contributed by atoms with Crippen molar-refractivity contribution < 1.29 is 13.9 Å². The van der Waals surface area contributed by atoms with Gasteiger partial charge in [-0.05, 0) is 28.1 Å². The van der Waals surface area contributed by atoms with Crippen molar-refractivity contribution >= 4 is 21.8 Å². The molecule has 1 amide bonds. The number of hydrogen-bond donors (Lipinski definition) is 1. The molecule has 100 valence electrons.